The molecule has 130 valence electrons. The third-order valence-corrected chi connectivity index (χ3v) is 9.36. The molecule has 0 bridgehead atoms. The highest BCUT2D eigenvalue weighted by Gasteiger charge is 2.13. The van der Waals surface area contributed by atoms with Gasteiger partial charge in [-0.1, -0.05) is 39.3 Å². The van der Waals surface area contributed by atoms with E-state index in [1.165, 1.54) is 12.1 Å². The first-order chi connectivity index (χ1) is 10.1. The molecule has 0 fully saturated rings. The van der Waals surface area contributed by atoms with Crippen LogP contribution in [0.5, 0.6) is 0 Å². The third kappa shape index (κ3) is 14.1. The van der Waals surface area contributed by atoms with E-state index in [0.29, 0.717) is 0 Å². The molecule has 0 aromatic heterocycles. The van der Waals surface area contributed by atoms with Crippen LogP contribution in [0.4, 0.5) is 0 Å². The third-order valence-electron chi connectivity index (χ3n) is 3.05. The zero-order valence-corrected chi connectivity index (χ0v) is 18.7. The highest BCUT2D eigenvalue weighted by Crippen LogP contribution is 2.23. The average Bonchev–Trinajstić information content (AvgIpc) is 2.37. The summed E-state index contributed by atoms with van der Waals surface area (Å²) < 4.78 is 0. The van der Waals surface area contributed by atoms with Gasteiger partial charge in [-0.2, -0.15) is 0 Å². The molecule has 0 atom stereocenters. The van der Waals surface area contributed by atoms with Gasteiger partial charge in [0.25, 0.3) is 0 Å². The molecule has 0 aromatic carbocycles. The lowest BCUT2D eigenvalue weighted by atomic mass is 10.4. The van der Waals surface area contributed by atoms with E-state index in [9.17, 15) is 10.2 Å². The van der Waals surface area contributed by atoms with Gasteiger partial charge in [-0.3, -0.25) is 0 Å². The van der Waals surface area contributed by atoms with Crippen molar-refractivity contribution < 1.29 is 10.2 Å². The Morgan fingerprint density at radius 3 is 1.27 bits per heavy atom. The van der Waals surface area contributed by atoms with Gasteiger partial charge in [0, 0.05) is 26.0 Å². The molecule has 0 heterocycles. The topological polar surface area (TPSA) is 40.5 Å². The predicted octanol–water partition coefficient (Wildman–Crippen LogP) is 4.88. The molecule has 0 aliphatic heterocycles. The van der Waals surface area contributed by atoms with Crippen molar-refractivity contribution in [3.63, 3.8) is 0 Å². The summed E-state index contributed by atoms with van der Waals surface area (Å²) >= 11 is 3.49. The van der Waals surface area contributed by atoms with Gasteiger partial charge in [0.2, 0.25) is 0 Å². The first kappa shape index (κ1) is 22.5. The Labute approximate surface area is 147 Å². The highest BCUT2D eigenvalue weighted by molar-refractivity contribution is 8.03. The van der Waals surface area contributed by atoms with E-state index in [2.05, 4.69) is 39.3 Å². The van der Waals surface area contributed by atoms with Gasteiger partial charge in [-0.05, 0) is 35.7 Å². The summed E-state index contributed by atoms with van der Waals surface area (Å²) in [4.78, 5) is 1.99. The van der Waals surface area contributed by atoms with E-state index in [1.54, 1.807) is 23.5 Å². The SMILES string of the molecule is C[Si](C)(C)CCS/C(=C\C=C(\CO)SCC[Si](C)(C)C)CO. The molecule has 0 aliphatic carbocycles. The van der Waals surface area contributed by atoms with Gasteiger partial charge in [-0.25, -0.2) is 0 Å². The molecular weight excluding hydrogens is 344 g/mol. The van der Waals surface area contributed by atoms with Crippen LogP contribution in [0.25, 0.3) is 0 Å². The van der Waals surface area contributed by atoms with Gasteiger partial charge < -0.3 is 10.2 Å². The fraction of sp³-hybridized carbons (Fsp3) is 0.750. The summed E-state index contributed by atoms with van der Waals surface area (Å²) in [5, 5.41) is 18.9. The molecule has 0 aliphatic rings. The van der Waals surface area contributed by atoms with Gasteiger partial charge in [0.15, 0.2) is 0 Å². The lowest BCUT2D eigenvalue weighted by Gasteiger charge is -2.15. The Morgan fingerprint density at radius 1 is 0.727 bits per heavy atom. The van der Waals surface area contributed by atoms with Crippen LogP contribution in [0.2, 0.25) is 51.4 Å². The molecule has 22 heavy (non-hydrogen) atoms. The molecular formula is C16H34O2S2Si2. The van der Waals surface area contributed by atoms with E-state index in [1.807, 2.05) is 12.2 Å². The minimum absolute atomic E-state index is 0.0884. The monoisotopic (exact) mass is 378 g/mol. The lowest BCUT2D eigenvalue weighted by Crippen LogP contribution is -2.20. The molecule has 0 aromatic rings. The first-order valence-corrected chi connectivity index (χ1v) is 17.3. The maximum absolute atomic E-state index is 9.45. The van der Waals surface area contributed by atoms with E-state index >= 15 is 0 Å². The Kier molecular flexibility index (Phi) is 11.4. The first-order valence-electron chi connectivity index (χ1n) is 7.94. The van der Waals surface area contributed by atoms with E-state index in [0.717, 1.165) is 21.3 Å². The van der Waals surface area contributed by atoms with Crippen molar-refractivity contribution in [3.8, 4) is 0 Å². The van der Waals surface area contributed by atoms with Gasteiger partial charge >= 0.3 is 0 Å². The van der Waals surface area contributed by atoms with Crippen molar-refractivity contribution in [1.82, 2.24) is 0 Å². The molecule has 0 unspecified atom stereocenters. The largest absolute Gasteiger partial charge is 0.391 e. The Morgan fingerprint density at radius 2 is 1.05 bits per heavy atom. The second kappa shape index (κ2) is 11.2. The van der Waals surface area contributed by atoms with Crippen LogP contribution in [-0.2, 0) is 0 Å². The van der Waals surface area contributed by atoms with E-state index < -0.39 is 16.1 Å². The standard InChI is InChI=1S/C16H34O2S2Si2/c1-21(2,3)11-9-19-15(13-17)7-8-16(14-18)20-10-12-22(4,5)6/h7-8,17-18H,9-14H2,1-6H3/b15-7-,16-8-. The fourth-order valence-corrected chi connectivity index (χ4v) is 8.21. The highest BCUT2D eigenvalue weighted by atomic mass is 32.2. The lowest BCUT2D eigenvalue weighted by molar-refractivity contribution is 0.338. The average molecular weight is 379 g/mol. The molecule has 0 amide bonds. The maximum atomic E-state index is 9.45. The van der Waals surface area contributed by atoms with Gasteiger partial charge in [0.1, 0.15) is 0 Å². The summed E-state index contributed by atoms with van der Waals surface area (Å²) in [5.41, 5.74) is 0. The Balaban J connectivity index is 4.41. The number of rotatable bonds is 11. The van der Waals surface area contributed by atoms with Crippen LogP contribution in [0.1, 0.15) is 0 Å². The zero-order valence-electron chi connectivity index (χ0n) is 15.1. The predicted molar refractivity (Wildman–Crippen MR) is 112 cm³/mol. The van der Waals surface area contributed by atoms with Crippen LogP contribution in [0, 0.1) is 0 Å². The van der Waals surface area contributed by atoms with Crippen molar-refractivity contribution >= 4 is 39.7 Å². The number of allylic oxidation sites excluding steroid dienone is 2. The van der Waals surface area contributed by atoms with Crippen molar-refractivity contribution in [2.24, 2.45) is 0 Å². The summed E-state index contributed by atoms with van der Waals surface area (Å²) in [6.45, 7) is 14.4. The molecule has 0 saturated heterocycles. The number of thioether (sulfide) groups is 2. The van der Waals surface area contributed by atoms with E-state index in [4.69, 9.17) is 0 Å². The van der Waals surface area contributed by atoms with Crippen LogP contribution in [0.3, 0.4) is 0 Å². The fourth-order valence-electron chi connectivity index (χ4n) is 1.46. The summed E-state index contributed by atoms with van der Waals surface area (Å²) in [6.07, 6.45) is 3.95. The molecule has 6 heteroatoms. The van der Waals surface area contributed by atoms with Crippen LogP contribution in [-0.4, -0.2) is 51.1 Å². The van der Waals surface area contributed by atoms with Crippen molar-refractivity contribution in [2.45, 2.75) is 51.4 Å². The molecule has 0 radical (unpaired) electrons. The number of aliphatic hydroxyl groups excluding tert-OH is 2. The normalized spacial score (nSPS) is 14.5. The van der Waals surface area contributed by atoms with Crippen LogP contribution in [0.15, 0.2) is 22.0 Å². The van der Waals surface area contributed by atoms with Gasteiger partial charge in [-0.15, -0.1) is 23.5 Å². The Bertz CT molecular complexity index is 333. The minimum atomic E-state index is -1.01. The van der Waals surface area contributed by atoms with Crippen LogP contribution < -0.4 is 0 Å². The smallest absolute Gasteiger partial charge is 0.0740 e. The molecule has 0 saturated carbocycles. The second-order valence-electron chi connectivity index (χ2n) is 7.90. The quantitative estimate of drug-likeness (QED) is 0.397. The van der Waals surface area contributed by atoms with E-state index in [-0.39, 0.29) is 13.2 Å². The number of aliphatic hydroxyl groups is 2. The summed E-state index contributed by atoms with van der Waals surface area (Å²) in [6, 6.07) is 2.52. The maximum Gasteiger partial charge on any atom is 0.0740 e. The summed E-state index contributed by atoms with van der Waals surface area (Å²) in [5.74, 6) is 2.15. The van der Waals surface area contributed by atoms with Crippen LogP contribution >= 0.6 is 23.5 Å². The second-order valence-corrected chi connectivity index (χ2v) is 21.6. The van der Waals surface area contributed by atoms with Crippen molar-refractivity contribution in [2.75, 3.05) is 24.7 Å². The molecule has 0 spiro atoms. The molecule has 2 nitrogen and oxygen atoms in total. The van der Waals surface area contributed by atoms with Gasteiger partial charge in [0.05, 0.1) is 13.2 Å². The van der Waals surface area contributed by atoms with Crippen molar-refractivity contribution in [1.29, 1.82) is 0 Å². The number of hydrogen-bond donors (Lipinski definition) is 2. The zero-order chi connectivity index (χ0) is 17.2. The summed E-state index contributed by atoms with van der Waals surface area (Å²) in [7, 11) is -2.02. The Hall–Kier alpha value is 0.534. The number of hydrogen-bond acceptors (Lipinski definition) is 4. The molecule has 2 N–H and O–H groups in total. The minimum Gasteiger partial charge on any atom is -0.391 e. The van der Waals surface area contributed by atoms with Crippen molar-refractivity contribution in [3.05, 3.63) is 22.0 Å². The molecule has 0 rings (SSSR count).